The molecule has 1 aromatic heterocycles. The predicted octanol–water partition coefficient (Wildman–Crippen LogP) is -0.273. The summed E-state index contributed by atoms with van der Waals surface area (Å²) in [6.07, 6.45) is 0.932. The number of piperazine rings is 1. The SMILES string of the molecule is Cc1ccc([C@@H](c2nnnn2CCc2ccccc2)[NH+]2CC[NH+](C)CC2)cc1. The maximum atomic E-state index is 4.50. The third-order valence-electron chi connectivity index (χ3n) is 5.84. The van der Waals surface area contributed by atoms with Crippen LogP contribution < -0.4 is 9.80 Å². The number of likely N-dealkylation sites (N-methyl/N-ethyl adjacent to an activating group) is 1. The molecule has 1 saturated heterocycles. The molecule has 0 aliphatic carbocycles. The number of nitrogens with one attached hydrogen (secondary N) is 2. The van der Waals surface area contributed by atoms with E-state index in [2.05, 4.69) is 84.1 Å². The van der Waals surface area contributed by atoms with Gasteiger partial charge < -0.3 is 9.80 Å². The van der Waals surface area contributed by atoms with Gasteiger partial charge in [0.15, 0.2) is 6.04 Å². The molecular weight excluding hydrogens is 348 g/mol. The Bertz CT molecular complexity index is 866. The molecule has 0 saturated carbocycles. The van der Waals surface area contributed by atoms with Crippen LogP contribution in [0.4, 0.5) is 0 Å². The summed E-state index contributed by atoms with van der Waals surface area (Å²) < 4.78 is 2.01. The van der Waals surface area contributed by atoms with E-state index in [0.29, 0.717) is 0 Å². The Kier molecular flexibility index (Phi) is 5.78. The van der Waals surface area contributed by atoms with E-state index in [1.165, 1.54) is 29.8 Å². The molecule has 2 heterocycles. The number of aromatic nitrogens is 4. The first kappa shape index (κ1) is 18.8. The summed E-state index contributed by atoms with van der Waals surface area (Å²) in [5.41, 5.74) is 3.89. The Morgan fingerprint density at radius 3 is 2.39 bits per heavy atom. The summed E-state index contributed by atoms with van der Waals surface area (Å²) >= 11 is 0. The van der Waals surface area contributed by atoms with Gasteiger partial charge in [0.05, 0.1) is 7.05 Å². The number of hydrogen-bond acceptors (Lipinski definition) is 3. The Morgan fingerprint density at radius 1 is 0.964 bits per heavy atom. The number of rotatable bonds is 6. The lowest BCUT2D eigenvalue weighted by atomic mass is 10.0. The van der Waals surface area contributed by atoms with Crippen molar-refractivity contribution >= 4 is 0 Å². The molecular formula is C22H30N6+2. The Balaban J connectivity index is 1.61. The van der Waals surface area contributed by atoms with Gasteiger partial charge in [0.2, 0.25) is 5.82 Å². The standard InChI is InChI=1S/C22H28N6/c1-18-8-10-20(11-9-18)21(27-16-14-26(2)15-17-27)22-23-24-25-28(22)13-12-19-6-4-3-5-7-19/h3-11,21H,12-17H2,1-2H3/p+2/t21-/m0/s1. The minimum absolute atomic E-state index is 0.180. The van der Waals surface area contributed by atoms with Crippen LogP contribution in [-0.4, -0.2) is 53.4 Å². The van der Waals surface area contributed by atoms with Crippen LogP contribution in [0.3, 0.4) is 0 Å². The van der Waals surface area contributed by atoms with Crippen LogP contribution in [-0.2, 0) is 13.0 Å². The molecule has 4 rings (SSSR count). The molecule has 0 spiro atoms. The van der Waals surface area contributed by atoms with Gasteiger partial charge in [-0.25, -0.2) is 4.68 Å². The lowest BCUT2D eigenvalue weighted by Crippen LogP contribution is -3.27. The third kappa shape index (κ3) is 4.29. The molecule has 1 atom stereocenters. The number of benzene rings is 2. The van der Waals surface area contributed by atoms with Gasteiger partial charge in [-0.15, -0.1) is 5.10 Å². The molecule has 0 bridgehead atoms. The molecule has 2 aromatic carbocycles. The highest BCUT2D eigenvalue weighted by Gasteiger charge is 2.34. The zero-order valence-corrected chi connectivity index (χ0v) is 16.8. The average Bonchev–Trinajstić information content (AvgIpc) is 3.18. The number of tetrazole rings is 1. The van der Waals surface area contributed by atoms with Crippen LogP contribution >= 0.6 is 0 Å². The highest BCUT2D eigenvalue weighted by Crippen LogP contribution is 2.18. The molecule has 2 N–H and O–H groups in total. The van der Waals surface area contributed by atoms with Gasteiger partial charge in [-0.2, -0.15) is 0 Å². The minimum atomic E-state index is 0.180. The summed E-state index contributed by atoms with van der Waals surface area (Å²) in [5.74, 6) is 0.981. The molecule has 1 aliphatic rings. The first-order chi connectivity index (χ1) is 13.7. The van der Waals surface area contributed by atoms with Gasteiger partial charge in [0.25, 0.3) is 0 Å². The number of nitrogens with zero attached hydrogens (tertiary/aromatic N) is 4. The lowest BCUT2D eigenvalue weighted by molar-refractivity contribution is -1.02. The highest BCUT2D eigenvalue weighted by molar-refractivity contribution is 5.26. The van der Waals surface area contributed by atoms with E-state index in [4.69, 9.17) is 0 Å². The molecule has 6 nitrogen and oxygen atoms in total. The van der Waals surface area contributed by atoms with Crippen molar-refractivity contribution in [1.82, 2.24) is 20.2 Å². The van der Waals surface area contributed by atoms with Crippen molar-refractivity contribution in [2.24, 2.45) is 0 Å². The lowest BCUT2D eigenvalue weighted by Gasteiger charge is -2.32. The Morgan fingerprint density at radius 2 is 1.68 bits per heavy atom. The minimum Gasteiger partial charge on any atom is -0.328 e. The summed E-state index contributed by atoms with van der Waals surface area (Å²) in [7, 11) is 2.28. The monoisotopic (exact) mass is 378 g/mol. The van der Waals surface area contributed by atoms with E-state index in [9.17, 15) is 0 Å². The molecule has 28 heavy (non-hydrogen) atoms. The van der Waals surface area contributed by atoms with Crippen molar-refractivity contribution in [1.29, 1.82) is 0 Å². The summed E-state index contributed by atoms with van der Waals surface area (Å²) in [6, 6.07) is 19.6. The average molecular weight is 379 g/mol. The first-order valence-electron chi connectivity index (χ1n) is 10.2. The normalized spacial score (nSPS) is 20.8. The second kappa shape index (κ2) is 8.63. The number of aryl methyl sites for hydroxylation is 3. The van der Waals surface area contributed by atoms with Crippen LogP contribution in [0.5, 0.6) is 0 Å². The van der Waals surface area contributed by atoms with Crippen LogP contribution in [0, 0.1) is 6.92 Å². The van der Waals surface area contributed by atoms with E-state index in [-0.39, 0.29) is 6.04 Å². The largest absolute Gasteiger partial charge is 0.328 e. The second-order valence-corrected chi connectivity index (χ2v) is 7.95. The van der Waals surface area contributed by atoms with E-state index in [0.717, 1.165) is 31.9 Å². The molecule has 1 aliphatic heterocycles. The number of hydrogen-bond donors (Lipinski definition) is 2. The van der Waals surface area contributed by atoms with Crippen LogP contribution in [0.15, 0.2) is 54.6 Å². The maximum Gasteiger partial charge on any atom is 0.214 e. The number of quaternary nitrogens is 2. The third-order valence-corrected chi connectivity index (χ3v) is 5.84. The molecule has 6 heteroatoms. The fourth-order valence-corrected chi connectivity index (χ4v) is 4.07. The van der Waals surface area contributed by atoms with Gasteiger partial charge in [0.1, 0.15) is 26.2 Å². The zero-order valence-electron chi connectivity index (χ0n) is 16.8. The van der Waals surface area contributed by atoms with Crippen molar-refractivity contribution < 1.29 is 9.80 Å². The molecule has 0 radical (unpaired) electrons. The molecule has 146 valence electrons. The summed E-state index contributed by atoms with van der Waals surface area (Å²) in [6.45, 7) is 7.57. The molecule has 1 fully saturated rings. The van der Waals surface area contributed by atoms with Crippen molar-refractivity contribution in [3.05, 3.63) is 77.1 Å². The van der Waals surface area contributed by atoms with Gasteiger partial charge in [-0.05, 0) is 29.3 Å². The summed E-state index contributed by atoms with van der Waals surface area (Å²) in [4.78, 5) is 3.17. The van der Waals surface area contributed by atoms with Gasteiger partial charge in [-0.3, -0.25) is 0 Å². The van der Waals surface area contributed by atoms with Crippen LogP contribution in [0.25, 0.3) is 0 Å². The van der Waals surface area contributed by atoms with Gasteiger partial charge >= 0.3 is 0 Å². The molecule has 0 unspecified atom stereocenters. The topological polar surface area (TPSA) is 52.5 Å². The van der Waals surface area contributed by atoms with E-state index < -0.39 is 0 Å². The van der Waals surface area contributed by atoms with Crippen molar-refractivity contribution in [3.63, 3.8) is 0 Å². The predicted molar refractivity (Wildman–Crippen MR) is 108 cm³/mol. The highest BCUT2D eigenvalue weighted by atomic mass is 15.5. The Hall–Kier alpha value is -2.57. The zero-order chi connectivity index (χ0) is 19.3. The van der Waals surface area contributed by atoms with Gasteiger partial charge in [-0.1, -0.05) is 60.2 Å². The molecule has 0 amide bonds. The van der Waals surface area contributed by atoms with Crippen molar-refractivity contribution in [2.45, 2.75) is 25.9 Å². The maximum absolute atomic E-state index is 4.50. The van der Waals surface area contributed by atoms with Crippen molar-refractivity contribution in [3.8, 4) is 0 Å². The summed E-state index contributed by atoms with van der Waals surface area (Å²) in [5, 5.41) is 12.9. The van der Waals surface area contributed by atoms with E-state index in [1.807, 2.05) is 4.68 Å². The quantitative estimate of drug-likeness (QED) is 0.621. The fourth-order valence-electron chi connectivity index (χ4n) is 4.07. The first-order valence-corrected chi connectivity index (χ1v) is 10.2. The smallest absolute Gasteiger partial charge is 0.214 e. The van der Waals surface area contributed by atoms with Gasteiger partial charge in [0, 0.05) is 12.1 Å². The fraction of sp³-hybridized carbons (Fsp3) is 0.409. The molecule has 3 aromatic rings. The van der Waals surface area contributed by atoms with E-state index >= 15 is 0 Å². The van der Waals surface area contributed by atoms with Crippen molar-refractivity contribution in [2.75, 3.05) is 33.2 Å². The van der Waals surface area contributed by atoms with Crippen LogP contribution in [0.1, 0.15) is 28.6 Å². The second-order valence-electron chi connectivity index (χ2n) is 7.95. The van der Waals surface area contributed by atoms with Crippen LogP contribution in [0.2, 0.25) is 0 Å². The Labute approximate surface area is 166 Å². The van der Waals surface area contributed by atoms with E-state index in [1.54, 1.807) is 9.80 Å².